The Kier molecular flexibility index (Phi) is 8.95. The Hall–Kier alpha value is -3.64. The van der Waals surface area contributed by atoms with E-state index >= 15 is 0 Å². The van der Waals surface area contributed by atoms with Crippen LogP contribution in [0.25, 0.3) is 32.7 Å². The van der Waals surface area contributed by atoms with Crippen molar-refractivity contribution in [3.8, 4) is 0 Å². The predicted octanol–water partition coefficient (Wildman–Crippen LogP) is 15.3. The third kappa shape index (κ3) is 6.19. The molecule has 2 saturated carbocycles. The Bertz CT molecular complexity index is 2060. The molecule has 2 fully saturated rings. The maximum absolute atomic E-state index is 2.83. The van der Waals surface area contributed by atoms with Crippen molar-refractivity contribution in [2.24, 2.45) is 69.0 Å². The van der Waals surface area contributed by atoms with E-state index in [-0.39, 0.29) is 16.2 Å². The van der Waals surface area contributed by atoms with Gasteiger partial charge in [-0.25, -0.2) is 0 Å². The Morgan fingerprint density at radius 1 is 0.463 bits per heavy atom. The monoisotopic (exact) mass is 715 g/mol. The van der Waals surface area contributed by atoms with Gasteiger partial charge in [0.05, 0.1) is 0 Å². The lowest BCUT2D eigenvalue weighted by Crippen LogP contribution is -2.40. The van der Waals surface area contributed by atoms with Crippen LogP contribution in [-0.4, -0.2) is 0 Å². The first-order chi connectivity index (χ1) is 25.4. The molecule has 0 amide bonds. The first kappa shape index (κ1) is 37.3. The van der Waals surface area contributed by atoms with Crippen LogP contribution in [0.5, 0.6) is 0 Å². The predicted molar refractivity (Wildman–Crippen MR) is 235 cm³/mol. The van der Waals surface area contributed by atoms with Gasteiger partial charge < -0.3 is 0 Å². The third-order valence-corrected chi connectivity index (χ3v) is 14.9. The van der Waals surface area contributed by atoms with Crippen molar-refractivity contribution in [3.05, 3.63) is 132 Å². The lowest BCUT2D eigenvalue weighted by molar-refractivity contribution is 0.0499. The summed E-state index contributed by atoms with van der Waals surface area (Å²) >= 11 is 0. The molecule has 0 bridgehead atoms. The van der Waals surface area contributed by atoms with Gasteiger partial charge in [0.1, 0.15) is 0 Å². The van der Waals surface area contributed by atoms with Crippen LogP contribution in [0.1, 0.15) is 107 Å². The van der Waals surface area contributed by atoms with Crippen molar-refractivity contribution < 1.29 is 0 Å². The number of rotatable bonds is 4. The quantitative estimate of drug-likeness (QED) is 0.197. The fourth-order valence-corrected chi connectivity index (χ4v) is 12.2. The molecule has 0 heterocycles. The van der Waals surface area contributed by atoms with Crippen molar-refractivity contribution in [2.45, 2.75) is 95.9 Å². The second kappa shape index (κ2) is 13.0. The van der Waals surface area contributed by atoms with Gasteiger partial charge in [-0.15, -0.1) is 0 Å². The topological polar surface area (TPSA) is 0 Å². The maximum Gasteiger partial charge on any atom is -0.00919 e. The molecule has 0 radical (unpaired) electrons. The van der Waals surface area contributed by atoms with Gasteiger partial charge in [-0.2, -0.15) is 0 Å². The molecule has 4 aliphatic rings. The Morgan fingerprint density at radius 3 is 1.30 bits per heavy atom. The molecule has 4 aromatic carbocycles. The lowest BCUT2D eigenvalue weighted by Gasteiger charge is -2.46. The highest BCUT2D eigenvalue weighted by Gasteiger charge is 2.59. The standard InChI is InChI=1S/C54H66/c1-33-27-36(51(2,3)4)28-47(33)54(11,12)50-45-29-43(39-25-17-21-34-19-13-15-23-37(34)39)48(52(5,6)7)31-41(45)42-32-49(53(8,9)10)44(30-46(42)50)40-26-18-22-35-20-14-16-24-38(35)40/h13-26,29-33,36,41-42,45-47,50H,27-28H2,1-12H3. The van der Waals surface area contributed by atoms with Crippen molar-refractivity contribution in [1.29, 1.82) is 0 Å². The van der Waals surface area contributed by atoms with E-state index < -0.39 is 0 Å². The van der Waals surface area contributed by atoms with E-state index in [0.717, 1.165) is 11.8 Å². The lowest BCUT2D eigenvalue weighted by atomic mass is 9.58. The van der Waals surface area contributed by atoms with Gasteiger partial charge in [0, 0.05) is 0 Å². The van der Waals surface area contributed by atoms with Gasteiger partial charge in [-0.3, -0.25) is 0 Å². The summed E-state index contributed by atoms with van der Waals surface area (Å²) in [5, 5.41) is 5.40. The molecular formula is C54H66. The van der Waals surface area contributed by atoms with E-state index in [2.05, 4.69) is 192 Å². The molecule has 0 aliphatic heterocycles. The maximum atomic E-state index is 2.83. The van der Waals surface area contributed by atoms with Crippen LogP contribution in [0.2, 0.25) is 0 Å². The second-order valence-electron chi connectivity index (χ2n) is 21.6. The van der Waals surface area contributed by atoms with E-state index in [0.29, 0.717) is 40.9 Å². The highest BCUT2D eigenvalue weighted by molar-refractivity contribution is 6.00. The number of allylic oxidation sites excluding steroid dienone is 8. The number of hydrogen-bond donors (Lipinski definition) is 0. The molecule has 0 N–H and O–H groups in total. The first-order valence-electron chi connectivity index (χ1n) is 21.2. The van der Waals surface area contributed by atoms with Crippen LogP contribution in [0.3, 0.4) is 0 Å². The molecule has 7 unspecified atom stereocenters. The van der Waals surface area contributed by atoms with Gasteiger partial charge in [-0.1, -0.05) is 192 Å². The minimum atomic E-state index is 0.0198. The molecule has 0 nitrogen and oxygen atoms in total. The number of benzene rings is 4. The molecule has 0 heteroatoms. The summed E-state index contributed by atoms with van der Waals surface area (Å²) in [5.74, 6) is 4.53. The van der Waals surface area contributed by atoms with Crippen LogP contribution < -0.4 is 0 Å². The Morgan fingerprint density at radius 2 is 0.889 bits per heavy atom. The molecule has 7 atom stereocenters. The van der Waals surface area contributed by atoms with Crippen molar-refractivity contribution in [3.63, 3.8) is 0 Å². The van der Waals surface area contributed by atoms with E-state index in [1.165, 1.54) is 67.8 Å². The molecule has 0 aromatic heterocycles. The molecule has 0 spiro atoms. The summed E-state index contributed by atoms with van der Waals surface area (Å²) in [6, 6.07) is 32.0. The van der Waals surface area contributed by atoms with E-state index in [4.69, 9.17) is 0 Å². The van der Waals surface area contributed by atoms with E-state index in [9.17, 15) is 0 Å². The first-order valence-corrected chi connectivity index (χ1v) is 21.2. The minimum Gasteiger partial charge on any atom is -0.0758 e. The fourth-order valence-electron chi connectivity index (χ4n) is 12.2. The summed E-state index contributed by atoms with van der Waals surface area (Å²) in [5.41, 5.74) is 9.34. The zero-order valence-corrected chi connectivity index (χ0v) is 35.4. The van der Waals surface area contributed by atoms with Crippen molar-refractivity contribution in [2.75, 3.05) is 0 Å². The highest BCUT2D eigenvalue weighted by atomic mass is 14.6. The molecule has 4 aliphatic carbocycles. The summed E-state index contributed by atoms with van der Waals surface area (Å²) in [6.07, 6.45) is 14.0. The van der Waals surface area contributed by atoms with E-state index in [1.807, 2.05) is 0 Å². The Labute approximate surface area is 327 Å². The summed E-state index contributed by atoms with van der Waals surface area (Å²) in [4.78, 5) is 0. The molecule has 54 heavy (non-hydrogen) atoms. The van der Waals surface area contributed by atoms with Crippen molar-refractivity contribution in [1.82, 2.24) is 0 Å². The van der Waals surface area contributed by atoms with Crippen LogP contribution in [-0.2, 0) is 0 Å². The summed E-state index contributed by atoms with van der Waals surface area (Å²) < 4.78 is 0. The van der Waals surface area contributed by atoms with Crippen LogP contribution in [0.4, 0.5) is 0 Å². The molecule has 282 valence electrons. The van der Waals surface area contributed by atoms with E-state index in [1.54, 1.807) is 0 Å². The van der Waals surface area contributed by atoms with Gasteiger partial charge in [-0.05, 0) is 137 Å². The smallest absolute Gasteiger partial charge is 0.00919 e. The van der Waals surface area contributed by atoms with Crippen molar-refractivity contribution >= 4 is 32.7 Å². The zero-order chi connectivity index (χ0) is 38.5. The second-order valence-corrected chi connectivity index (χ2v) is 21.6. The molecular weight excluding hydrogens is 649 g/mol. The summed E-state index contributed by atoms with van der Waals surface area (Å²) in [6.45, 7) is 30.1. The average molecular weight is 715 g/mol. The fraction of sp³-hybridized carbons (Fsp3) is 0.481. The van der Waals surface area contributed by atoms with Gasteiger partial charge >= 0.3 is 0 Å². The normalized spacial score (nSPS) is 29.0. The largest absolute Gasteiger partial charge is 0.0758 e. The van der Waals surface area contributed by atoms with Crippen LogP contribution in [0.15, 0.2) is 120 Å². The molecule has 8 rings (SSSR count). The van der Waals surface area contributed by atoms with Gasteiger partial charge in [0.15, 0.2) is 0 Å². The highest BCUT2D eigenvalue weighted by Crippen LogP contribution is 2.66. The zero-order valence-electron chi connectivity index (χ0n) is 35.4. The van der Waals surface area contributed by atoms with Crippen LogP contribution >= 0.6 is 0 Å². The minimum absolute atomic E-state index is 0.0198. The Balaban J connectivity index is 1.37. The molecule has 4 aromatic rings. The SMILES string of the molecule is CC1CC(C(C)(C)C)CC1C(C)(C)C1C2C=C(c3cccc4ccccc34)C(C(C)(C)C)=CC2C2C=C(C(C)(C)C)C(c3cccc4ccccc34)=CC21. The summed E-state index contributed by atoms with van der Waals surface area (Å²) in [7, 11) is 0. The number of hydrogen-bond acceptors (Lipinski definition) is 0. The van der Waals surface area contributed by atoms with Gasteiger partial charge in [0.2, 0.25) is 0 Å². The van der Waals surface area contributed by atoms with Crippen LogP contribution in [0, 0.1) is 69.0 Å². The molecule has 0 saturated heterocycles. The number of fused-ring (bicyclic) bond motifs is 5. The average Bonchev–Trinajstić information content (AvgIpc) is 3.68. The van der Waals surface area contributed by atoms with Gasteiger partial charge in [0.25, 0.3) is 0 Å². The third-order valence-electron chi connectivity index (χ3n) is 14.9.